The maximum absolute atomic E-state index is 13.5. The molecule has 0 bridgehead atoms. The Morgan fingerprint density at radius 2 is 2.25 bits per heavy atom. The maximum Gasteiger partial charge on any atom is 0.141 e. The molecule has 1 atom stereocenters. The van der Waals surface area contributed by atoms with Crippen molar-refractivity contribution in [2.24, 2.45) is 0 Å². The van der Waals surface area contributed by atoms with Crippen LogP contribution in [0.4, 0.5) is 10.2 Å². The number of aromatic nitrogens is 1. The number of nitrogens with zero attached hydrogens (tertiary/aromatic N) is 2. The molecule has 1 unspecified atom stereocenters. The molecule has 2 rings (SSSR count). The largest absolute Gasteiger partial charge is 0.353 e. The van der Waals surface area contributed by atoms with E-state index in [0.29, 0.717) is 12.6 Å². The van der Waals surface area contributed by atoms with E-state index >= 15 is 0 Å². The summed E-state index contributed by atoms with van der Waals surface area (Å²) in [5.41, 5.74) is 0.985. The molecular formula is C16H26FN3. The number of anilines is 1. The van der Waals surface area contributed by atoms with E-state index < -0.39 is 0 Å². The van der Waals surface area contributed by atoms with Crippen LogP contribution in [0, 0.1) is 5.82 Å². The van der Waals surface area contributed by atoms with Crippen molar-refractivity contribution < 1.29 is 4.39 Å². The van der Waals surface area contributed by atoms with Gasteiger partial charge in [-0.25, -0.2) is 9.37 Å². The van der Waals surface area contributed by atoms with Gasteiger partial charge >= 0.3 is 0 Å². The van der Waals surface area contributed by atoms with E-state index in [9.17, 15) is 4.39 Å². The minimum Gasteiger partial charge on any atom is -0.353 e. The molecule has 1 N–H and O–H groups in total. The average molecular weight is 279 g/mol. The van der Waals surface area contributed by atoms with E-state index in [4.69, 9.17) is 0 Å². The highest BCUT2D eigenvalue weighted by Gasteiger charge is 2.24. The van der Waals surface area contributed by atoms with Crippen molar-refractivity contribution in [1.29, 1.82) is 0 Å². The van der Waals surface area contributed by atoms with Crippen LogP contribution >= 0.6 is 0 Å². The van der Waals surface area contributed by atoms with Crippen LogP contribution in [0.3, 0.4) is 0 Å². The van der Waals surface area contributed by atoms with Crippen LogP contribution in [0.25, 0.3) is 0 Å². The molecule has 4 heteroatoms. The molecule has 1 aliphatic heterocycles. The molecule has 0 saturated carbocycles. The lowest BCUT2D eigenvalue weighted by Crippen LogP contribution is -2.40. The van der Waals surface area contributed by atoms with Crippen LogP contribution in [-0.4, -0.2) is 24.1 Å². The van der Waals surface area contributed by atoms with Gasteiger partial charge in [0.25, 0.3) is 0 Å². The van der Waals surface area contributed by atoms with E-state index in [1.165, 1.54) is 25.5 Å². The molecule has 20 heavy (non-hydrogen) atoms. The molecule has 0 radical (unpaired) electrons. The number of nitrogens with one attached hydrogen (secondary N) is 1. The topological polar surface area (TPSA) is 28.2 Å². The van der Waals surface area contributed by atoms with Crippen LogP contribution < -0.4 is 10.2 Å². The first-order valence-electron chi connectivity index (χ1n) is 7.88. The van der Waals surface area contributed by atoms with Crippen molar-refractivity contribution in [3.63, 3.8) is 0 Å². The highest BCUT2D eigenvalue weighted by Crippen LogP contribution is 2.28. The maximum atomic E-state index is 13.5. The van der Waals surface area contributed by atoms with Gasteiger partial charge in [-0.05, 0) is 44.7 Å². The van der Waals surface area contributed by atoms with Crippen LogP contribution in [-0.2, 0) is 6.54 Å². The quantitative estimate of drug-likeness (QED) is 0.808. The first-order valence-corrected chi connectivity index (χ1v) is 7.88. The molecule has 2 heterocycles. The molecule has 1 aromatic rings. The Morgan fingerprint density at radius 3 is 3.00 bits per heavy atom. The zero-order valence-electron chi connectivity index (χ0n) is 12.7. The molecule has 1 fully saturated rings. The van der Waals surface area contributed by atoms with E-state index in [0.717, 1.165) is 37.3 Å². The Morgan fingerprint density at radius 1 is 1.40 bits per heavy atom. The van der Waals surface area contributed by atoms with Crippen molar-refractivity contribution in [1.82, 2.24) is 10.3 Å². The zero-order chi connectivity index (χ0) is 14.4. The van der Waals surface area contributed by atoms with Gasteiger partial charge in [0.1, 0.15) is 11.6 Å². The number of rotatable bonds is 6. The first-order chi connectivity index (χ1) is 9.76. The molecule has 1 aromatic heterocycles. The summed E-state index contributed by atoms with van der Waals surface area (Å²) >= 11 is 0. The zero-order valence-corrected chi connectivity index (χ0v) is 12.7. The summed E-state index contributed by atoms with van der Waals surface area (Å²) in [5, 5.41) is 3.36. The van der Waals surface area contributed by atoms with Gasteiger partial charge in [0.05, 0.1) is 6.20 Å². The third-order valence-electron chi connectivity index (χ3n) is 4.02. The summed E-state index contributed by atoms with van der Waals surface area (Å²) in [6, 6.07) is 2.18. The number of halogens is 1. The third-order valence-corrected chi connectivity index (χ3v) is 4.02. The second-order valence-corrected chi connectivity index (χ2v) is 5.56. The Bertz CT molecular complexity index is 422. The lowest BCUT2D eigenvalue weighted by atomic mass is 9.99. The second kappa shape index (κ2) is 7.58. The molecule has 0 amide bonds. The highest BCUT2D eigenvalue weighted by molar-refractivity contribution is 5.48. The first kappa shape index (κ1) is 15.2. The van der Waals surface area contributed by atoms with E-state index in [2.05, 4.69) is 29.0 Å². The lowest BCUT2D eigenvalue weighted by molar-refractivity contribution is 0.444. The molecular weight excluding hydrogens is 253 g/mol. The molecule has 0 aliphatic carbocycles. The van der Waals surface area contributed by atoms with Crippen LogP contribution in [0.2, 0.25) is 0 Å². The number of pyridine rings is 1. The summed E-state index contributed by atoms with van der Waals surface area (Å²) in [6.07, 6.45) is 7.27. The number of hydrogen-bond acceptors (Lipinski definition) is 3. The molecule has 1 aliphatic rings. The van der Waals surface area contributed by atoms with Crippen molar-refractivity contribution in [2.75, 3.05) is 18.0 Å². The fourth-order valence-corrected chi connectivity index (χ4v) is 2.97. The number of piperidine rings is 1. The van der Waals surface area contributed by atoms with Gasteiger partial charge in [-0.1, -0.05) is 13.8 Å². The Kier molecular flexibility index (Phi) is 5.77. The third kappa shape index (κ3) is 3.69. The van der Waals surface area contributed by atoms with E-state index in [1.54, 1.807) is 6.07 Å². The lowest BCUT2D eigenvalue weighted by Gasteiger charge is -2.37. The van der Waals surface area contributed by atoms with Crippen LogP contribution in [0.1, 0.15) is 51.5 Å². The van der Waals surface area contributed by atoms with Crippen molar-refractivity contribution >= 4 is 5.82 Å². The minimum absolute atomic E-state index is 0.243. The average Bonchev–Trinajstić information content (AvgIpc) is 2.48. The fourth-order valence-electron chi connectivity index (χ4n) is 2.97. The molecule has 112 valence electrons. The highest BCUT2D eigenvalue weighted by atomic mass is 19.1. The summed E-state index contributed by atoms with van der Waals surface area (Å²) < 4.78 is 13.5. The SMILES string of the molecule is CCCNCc1cc(F)cnc1N1CCCCC1CC. The second-order valence-electron chi connectivity index (χ2n) is 5.56. The Labute approximate surface area is 121 Å². The van der Waals surface area contributed by atoms with E-state index in [-0.39, 0.29) is 5.82 Å². The van der Waals surface area contributed by atoms with Crippen LogP contribution in [0.15, 0.2) is 12.3 Å². The van der Waals surface area contributed by atoms with E-state index in [1.807, 2.05) is 0 Å². The van der Waals surface area contributed by atoms with Crippen molar-refractivity contribution in [3.8, 4) is 0 Å². The minimum atomic E-state index is -0.243. The van der Waals surface area contributed by atoms with Gasteiger partial charge < -0.3 is 10.2 Å². The van der Waals surface area contributed by atoms with Crippen LogP contribution in [0.5, 0.6) is 0 Å². The van der Waals surface area contributed by atoms with Gasteiger partial charge in [0.15, 0.2) is 0 Å². The van der Waals surface area contributed by atoms with Gasteiger partial charge in [-0.15, -0.1) is 0 Å². The normalized spacial score (nSPS) is 19.4. The number of hydrogen-bond donors (Lipinski definition) is 1. The standard InChI is InChI=1S/C16H26FN3/c1-3-8-18-11-13-10-14(17)12-19-16(13)20-9-6-5-7-15(20)4-2/h10,12,15,18H,3-9,11H2,1-2H3. The Balaban J connectivity index is 2.19. The monoisotopic (exact) mass is 279 g/mol. The fraction of sp³-hybridized carbons (Fsp3) is 0.688. The molecule has 1 saturated heterocycles. The van der Waals surface area contributed by atoms with Crippen molar-refractivity contribution in [3.05, 3.63) is 23.6 Å². The Hall–Kier alpha value is -1.16. The predicted molar refractivity (Wildman–Crippen MR) is 81.5 cm³/mol. The molecule has 3 nitrogen and oxygen atoms in total. The van der Waals surface area contributed by atoms with Gasteiger partial charge in [0.2, 0.25) is 0 Å². The van der Waals surface area contributed by atoms with Crippen molar-refractivity contribution in [2.45, 2.75) is 58.5 Å². The smallest absolute Gasteiger partial charge is 0.141 e. The molecule has 0 spiro atoms. The summed E-state index contributed by atoms with van der Waals surface area (Å²) in [5.74, 6) is 0.730. The molecule has 0 aromatic carbocycles. The van der Waals surface area contributed by atoms with Gasteiger partial charge in [-0.3, -0.25) is 0 Å². The summed E-state index contributed by atoms with van der Waals surface area (Å²) in [7, 11) is 0. The summed E-state index contributed by atoms with van der Waals surface area (Å²) in [6.45, 7) is 7.04. The summed E-state index contributed by atoms with van der Waals surface area (Å²) in [4.78, 5) is 6.77. The van der Waals surface area contributed by atoms with Gasteiger partial charge in [-0.2, -0.15) is 0 Å². The van der Waals surface area contributed by atoms with Gasteiger partial charge in [0, 0.05) is 24.7 Å². The predicted octanol–water partition coefficient (Wildman–Crippen LogP) is 3.49.